The molecule has 1 unspecified atom stereocenters. The Bertz CT molecular complexity index is 3020. The highest BCUT2D eigenvalue weighted by atomic mass is 32.2. The number of hydrogen-bond acceptors (Lipinski definition) is 17. The zero-order valence-corrected chi connectivity index (χ0v) is 43.8. The zero-order chi connectivity index (χ0) is 48.8. The molecule has 4 fully saturated rings. The van der Waals surface area contributed by atoms with Crippen LogP contribution in [0.1, 0.15) is 94.8 Å². The lowest BCUT2D eigenvalue weighted by Crippen LogP contribution is -2.31. The van der Waals surface area contributed by atoms with Crippen LogP contribution in [0.5, 0.6) is 0 Å². The van der Waals surface area contributed by atoms with Crippen molar-refractivity contribution in [3.63, 3.8) is 0 Å². The van der Waals surface area contributed by atoms with Gasteiger partial charge in [-0.2, -0.15) is 42.5 Å². The van der Waals surface area contributed by atoms with Gasteiger partial charge in [0.2, 0.25) is 11.1 Å². The van der Waals surface area contributed by atoms with Gasteiger partial charge in [-0.05, 0) is 103 Å². The van der Waals surface area contributed by atoms with Gasteiger partial charge in [0.05, 0.1) is 34.6 Å². The van der Waals surface area contributed by atoms with Crippen LogP contribution < -0.4 is 32.0 Å². The summed E-state index contributed by atoms with van der Waals surface area (Å²) in [4.78, 5) is 60.8. The van der Waals surface area contributed by atoms with E-state index in [1.807, 2.05) is 42.7 Å². The van der Waals surface area contributed by atoms with Crippen LogP contribution in [0.3, 0.4) is 0 Å². The fourth-order valence-electron chi connectivity index (χ4n) is 9.73. The molecule has 3 N–H and O–H groups in total. The van der Waals surface area contributed by atoms with Crippen molar-refractivity contribution < 1.29 is 4.21 Å². The van der Waals surface area contributed by atoms with Crippen LogP contribution in [0.15, 0.2) is 75.9 Å². The van der Waals surface area contributed by atoms with E-state index in [9.17, 15) is 19.1 Å². The molecule has 384 valence electrons. The second kappa shape index (κ2) is 25.5. The molecule has 72 heavy (non-hydrogen) atoms. The Morgan fingerprint density at radius 2 is 1.14 bits per heavy atom. The van der Waals surface area contributed by atoms with Crippen LogP contribution in [-0.2, 0) is 10.8 Å². The molecule has 6 aromatic rings. The normalized spacial score (nSPS) is 18.0. The van der Waals surface area contributed by atoms with E-state index in [0.717, 1.165) is 89.7 Å². The van der Waals surface area contributed by atoms with Gasteiger partial charge in [-0.25, -0.2) is 24.9 Å². The van der Waals surface area contributed by atoms with Gasteiger partial charge in [0.25, 0.3) is 11.1 Å². The predicted molar refractivity (Wildman–Crippen MR) is 297 cm³/mol. The third-order valence-corrected chi connectivity index (χ3v) is 14.4. The van der Waals surface area contributed by atoms with Gasteiger partial charge < -0.3 is 30.7 Å². The lowest BCUT2D eigenvalue weighted by atomic mass is 10.2. The number of nitrogens with two attached hydrogens (primary N) is 1. The van der Waals surface area contributed by atoms with Crippen LogP contribution in [0.2, 0.25) is 0 Å². The van der Waals surface area contributed by atoms with Gasteiger partial charge in [-0.15, -0.1) is 0 Å². The maximum atomic E-state index is 12.9. The Morgan fingerprint density at radius 3 is 1.56 bits per heavy atom. The van der Waals surface area contributed by atoms with Gasteiger partial charge in [0, 0.05) is 79.8 Å². The summed E-state index contributed by atoms with van der Waals surface area (Å²) in [5, 5.41) is 23.2. The predicted octanol–water partition coefficient (Wildman–Crippen LogP) is 6.24. The largest absolute Gasteiger partial charge is 0.384 e. The number of anilines is 5. The van der Waals surface area contributed by atoms with Gasteiger partial charge in [0.1, 0.15) is 46.2 Å². The Labute approximate surface area is 437 Å². The fraction of sp³-hybridized carbons (Fsp3) is 0.480. The van der Waals surface area contributed by atoms with E-state index in [0.29, 0.717) is 51.7 Å². The first-order valence-corrected chi connectivity index (χ1v) is 25.1. The van der Waals surface area contributed by atoms with Crippen molar-refractivity contribution in [1.29, 1.82) is 10.5 Å². The van der Waals surface area contributed by atoms with E-state index in [4.69, 9.17) is 11.0 Å². The highest BCUT2D eigenvalue weighted by Gasteiger charge is 2.27. The summed E-state index contributed by atoms with van der Waals surface area (Å²) in [6.07, 6.45) is 18.7. The summed E-state index contributed by atoms with van der Waals surface area (Å²) in [6, 6.07) is 16.3. The van der Waals surface area contributed by atoms with Crippen molar-refractivity contribution in [3.05, 3.63) is 93.0 Å². The summed E-state index contributed by atoms with van der Waals surface area (Å²) < 4.78 is 14.9. The van der Waals surface area contributed by atoms with Gasteiger partial charge in [-0.1, -0.05) is 33.1 Å². The molecule has 0 aromatic carbocycles. The highest BCUT2D eigenvalue weighted by molar-refractivity contribution is 7.84. The number of nitrogens with zero attached hydrogens (tertiary/aromatic N) is 14. The first kappa shape index (κ1) is 56.7. The van der Waals surface area contributed by atoms with Crippen molar-refractivity contribution in [2.24, 2.45) is 0 Å². The monoisotopic (exact) mass is 1040 g/mol. The Balaban J connectivity index is 0.000000213. The van der Waals surface area contributed by atoms with E-state index in [1.165, 1.54) is 30.6 Å². The quantitative estimate of drug-likeness (QED) is 0.152. The minimum Gasteiger partial charge on any atom is -0.384 e. The average Bonchev–Trinajstić information content (AvgIpc) is 4.21. The molecule has 0 radical (unpaired) electrons. The lowest BCUT2D eigenvalue weighted by molar-refractivity contribution is 0.315. The second-order valence-electron chi connectivity index (χ2n) is 18.6. The Hall–Kier alpha value is -6.17. The first-order chi connectivity index (χ1) is 33.3. The molecule has 6 aromatic heterocycles. The molecular weight excluding hydrogens is 969 g/mol. The topological polar surface area (TPSA) is 237 Å². The summed E-state index contributed by atoms with van der Waals surface area (Å²) in [5.74, 6) is 1.61. The molecule has 0 amide bonds. The van der Waals surface area contributed by atoms with E-state index in [-0.39, 0.29) is 73.9 Å². The van der Waals surface area contributed by atoms with E-state index in [1.54, 1.807) is 21.4 Å². The lowest BCUT2D eigenvalue weighted by Gasteiger charge is -2.21. The van der Waals surface area contributed by atoms with E-state index in [2.05, 4.69) is 89.1 Å². The summed E-state index contributed by atoms with van der Waals surface area (Å²) in [5.41, 5.74) is 8.52. The number of fused-ring (bicyclic) bond motifs is 2. The number of nitrogens with one attached hydrogen (secondary N) is 1. The highest BCUT2D eigenvalue weighted by Crippen LogP contribution is 2.32. The zero-order valence-electron chi connectivity index (χ0n) is 41.0. The Kier molecular flexibility index (Phi) is 20.1. The number of aromatic nitrogens is 8. The second-order valence-corrected chi connectivity index (χ2v) is 19.9. The molecule has 10 rings (SSSR count). The molecule has 0 spiro atoms. The number of hydrogen-bond donors (Lipinski definition) is 2. The summed E-state index contributed by atoms with van der Waals surface area (Å²) >= 11 is 0. The van der Waals surface area contributed by atoms with Crippen molar-refractivity contribution >= 4 is 88.8 Å². The van der Waals surface area contributed by atoms with Crippen molar-refractivity contribution in [2.45, 2.75) is 101 Å². The molecule has 4 aliphatic rings. The number of nitriles is 2. The standard InChI is InChI=1S/C24H28N8O.C14H14N4O2S.C11H18N4.CH4.2H2S/c1-30(2)20-9-10-31(15-20)19-7-8-21(26-14-19)28-24-27-13-17-11-16(12-25)23(33)32(22(17)29-24)18-5-3-4-6-18;1-21(20)14-16-8-10-6-9(7-15)13(19)18(12(10)17-14)11-4-2-3-5-11;1-14(2)10-5-6-15(8-10)9-3-4-11(12)13-7-9;;;/h7-8,11,13-14,18,20H,3-6,9-10,15H2,1-2H3,(H,26,27,28,29);6,8,11H,2-5H2,1H3;3-4,7,10H,5-6,8H2,1-2H3,(H2,12,13);1H4;2*1H2/t20-;;10-;;;/m0.0.../s1. The van der Waals surface area contributed by atoms with Gasteiger partial charge in [-0.3, -0.25) is 22.9 Å². The Morgan fingerprint density at radius 1 is 0.667 bits per heavy atom. The number of nitrogen functional groups attached to an aromatic ring is 1. The van der Waals surface area contributed by atoms with E-state index < -0.39 is 10.8 Å². The van der Waals surface area contributed by atoms with Crippen molar-refractivity contribution in [2.75, 3.05) is 81.5 Å². The molecule has 3 atom stereocenters. The minimum absolute atomic E-state index is 0. The number of rotatable bonds is 9. The number of pyridine rings is 4. The SMILES string of the molecule is C.CN(C)[C@H]1CCN(c2ccc(N)nc2)C1.CN(C)[C@H]1CCN(c2ccc(Nc3ncc4cc(C#N)c(=O)n(C5CCCC5)c4n3)nc2)C1.CS(=O)c1ncc2cc(C#N)c(=O)n(C3CCCC3)c2n1.S.S. The third kappa shape index (κ3) is 12.9. The molecule has 19 nitrogen and oxygen atoms in total. The molecule has 2 saturated carbocycles. The molecule has 0 bridgehead atoms. The van der Waals surface area contributed by atoms with Crippen molar-refractivity contribution in [3.8, 4) is 12.1 Å². The van der Waals surface area contributed by atoms with Gasteiger partial charge >= 0.3 is 0 Å². The molecule has 22 heteroatoms. The van der Waals surface area contributed by atoms with Crippen LogP contribution in [-0.4, -0.2) is 126 Å². The van der Waals surface area contributed by atoms with Crippen LogP contribution in [0, 0.1) is 22.7 Å². The third-order valence-electron chi connectivity index (χ3n) is 13.7. The van der Waals surface area contributed by atoms with Crippen LogP contribution in [0.4, 0.5) is 29.0 Å². The smallest absolute Gasteiger partial charge is 0.270 e. The maximum absolute atomic E-state index is 12.9. The van der Waals surface area contributed by atoms with Crippen LogP contribution in [0.25, 0.3) is 22.1 Å². The fourth-order valence-corrected chi connectivity index (χ4v) is 10.1. The average molecular weight is 1040 g/mol. The number of likely N-dealkylation sites (N-methyl/N-ethyl adjacent to an activating group) is 2. The molecule has 2 aliphatic heterocycles. The summed E-state index contributed by atoms with van der Waals surface area (Å²) in [7, 11) is 7.20. The van der Waals surface area contributed by atoms with Crippen LogP contribution >= 0.6 is 27.0 Å². The molecule has 2 aliphatic carbocycles. The summed E-state index contributed by atoms with van der Waals surface area (Å²) in [6.45, 7) is 4.21. The first-order valence-electron chi connectivity index (χ1n) is 23.6. The minimum atomic E-state index is -1.31. The van der Waals surface area contributed by atoms with E-state index >= 15 is 0 Å². The molecule has 8 heterocycles. The maximum Gasteiger partial charge on any atom is 0.270 e. The molecule has 2 saturated heterocycles. The van der Waals surface area contributed by atoms with Crippen molar-refractivity contribution in [1.82, 2.24) is 48.8 Å². The molecular formula is C50H68N16O3S3. The van der Waals surface area contributed by atoms with Gasteiger partial charge in [0.15, 0.2) is 0 Å².